The Morgan fingerprint density at radius 2 is 1.93 bits per heavy atom. The van der Waals surface area contributed by atoms with E-state index in [1.165, 1.54) is 0 Å². The van der Waals surface area contributed by atoms with Crippen LogP contribution in [0, 0.1) is 5.82 Å². The number of alkyl halides is 3. The molecule has 76 valence electrons. The highest BCUT2D eigenvalue weighted by Crippen LogP contribution is 2.32. The Balaban J connectivity index is 3.15. The van der Waals surface area contributed by atoms with Crippen molar-refractivity contribution in [2.75, 3.05) is 5.32 Å². The van der Waals surface area contributed by atoms with Crippen LogP contribution in [0.3, 0.4) is 0 Å². The first-order chi connectivity index (χ1) is 6.45. The minimum Gasteiger partial charge on any atom is -0.329 e. The number of halogens is 4. The van der Waals surface area contributed by atoms with Crippen molar-refractivity contribution in [1.29, 1.82) is 0 Å². The van der Waals surface area contributed by atoms with Gasteiger partial charge in [0.1, 0.15) is 5.82 Å². The molecule has 0 saturated carbocycles. The van der Waals surface area contributed by atoms with E-state index in [2.05, 4.69) is 0 Å². The number of anilines is 1. The SMILES string of the molecule is O=CNc1ccc(F)c(C(F)(F)F)c1. The highest BCUT2D eigenvalue weighted by atomic mass is 19.4. The molecule has 0 aliphatic heterocycles. The maximum atomic E-state index is 12.7. The van der Waals surface area contributed by atoms with Gasteiger partial charge in [0.15, 0.2) is 0 Å². The average molecular weight is 207 g/mol. The third-order valence-corrected chi connectivity index (χ3v) is 1.50. The van der Waals surface area contributed by atoms with Crippen LogP contribution in [-0.4, -0.2) is 6.41 Å². The summed E-state index contributed by atoms with van der Waals surface area (Å²) in [6.45, 7) is 0. The van der Waals surface area contributed by atoms with Crippen LogP contribution in [0.2, 0.25) is 0 Å². The molecule has 0 spiro atoms. The number of carbonyl (C=O) groups is 1. The van der Waals surface area contributed by atoms with E-state index in [0.29, 0.717) is 12.1 Å². The van der Waals surface area contributed by atoms with Crippen molar-refractivity contribution < 1.29 is 22.4 Å². The minimum absolute atomic E-state index is 0.103. The van der Waals surface area contributed by atoms with E-state index in [9.17, 15) is 22.4 Å². The van der Waals surface area contributed by atoms with E-state index in [1.54, 1.807) is 0 Å². The molecule has 0 aliphatic carbocycles. The zero-order chi connectivity index (χ0) is 10.8. The Kier molecular flexibility index (Phi) is 2.73. The third-order valence-electron chi connectivity index (χ3n) is 1.50. The number of rotatable bonds is 2. The summed E-state index contributed by atoms with van der Waals surface area (Å²) in [6, 6.07) is 2.22. The number of hydrogen-bond donors (Lipinski definition) is 1. The van der Waals surface area contributed by atoms with Crippen LogP contribution in [0.5, 0.6) is 0 Å². The molecule has 0 bridgehead atoms. The fraction of sp³-hybridized carbons (Fsp3) is 0.125. The standard InChI is InChI=1S/C8H5F4NO/c9-7-2-1-5(13-4-14)3-6(7)8(10,11)12/h1-4H,(H,13,14). The van der Waals surface area contributed by atoms with E-state index in [1.807, 2.05) is 5.32 Å². The molecule has 0 radical (unpaired) electrons. The highest BCUT2D eigenvalue weighted by molar-refractivity contribution is 5.71. The van der Waals surface area contributed by atoms with Crippen molar-refractivity contribution in [2.45, 2.75) is 6.18 Å². The first-order valence-electron chi connectivity index (χ1n) is 3.52. The van der Waals surface area contributed by atoms with Gasteiger partial charge >= 0.3 is 6.18 Å². The molecule has 0 fully saturated rings. The fourth-order valence-corrected chi connectivity index (χ4v) is 0.900. The zero-order valence-electron chi connectivity index (χ0n) is 6.73. The summed E-state index contributed by atoms with van der Waals surface area (Å²) in [7, 11) is 0. The molecule has 1 rings (SSSR count). The first-order valence-corrected chi connectivity index (χ1v) is 3.52. The number of amides is 1. The van der Waals surface area contributed by atoms with Crippen molar-refractivity contribution in [2.24, 2.45) is 0 Å². The third kappa shape index (κ3) is 2.21. The summed E-state index contributed by atoms with van der Waals surface area (Å²) in [5, 5.41) is 2.00. The Bertz CT molecular complexity index is 348. The van der Waals surface area contributed by atoms with Gasteiger partial charge in [-0.1, -0.05) is 0 Å². The van der Waals surface area contributed by atoms with Gasteiger partial charge < -0.3 is 5.32 Å². The van der Waals surface area contributed by atoms with Crippen LogP contribution < -0.4 is 5.32 Å². The van der Waals surface area contributed by atoms with Crippen molar-refractivity contribution in [1.82, 2.24) is 0 Å². The molecule has 0 atom stereocenters. The molecule has 1 N–H and O–H groups in total. The predicted molar refractivity (Wildman–Crippen MR) is 41.1 cm³/mol. The van der Waals surface area contributed by atoms with E-state index >= 15 is 0 Å². The molecule has 0 aromatic heterocycles. The van der Waals surface area contributed by atoms with E-state index in [0.717, 1.165) is 6.07 Å². The fourth-order valence-electron chi connectivity index (χ4n) is 0.900. The van der Waals surface area contributed by atoms with E-state index < -0.39 is 17.6 Å². The molecule has 0 saturated heterocycles. The molecular weight excluding hydrogens is 202 g/mol. The second-order valence-corrected chi connectivity index (χ2v) is 2.45. The molecule has 6 heteroatoms. The molecule has 14 heavy (non-hydrogen) atoms. The first kappa shape index (κ1) is 10.5. The van der Waals surface area contributed by atoms with Crippen LogP contribution in [0.4, 0.5) is 23.2 Å². The number of benzene rings is 1. The second kappa shape index (κ2) is 3.65. The van der Waals surface area contributed by atoms with Crippen LogP contribution in [0.1, 0.15) is 5.56 Å². The summed E-state index contributed by atoms with van der Waals surface area (Å²) in [4.78, 5) is 9.93. The second-order valence-electron chi connectivity index (χ2n) is 2.45. The Labute approximate surface area is 76.5 Å². The minimum atomic E-state index is -4.76. The quantitative estimate of drug-likeness (QED) is 0.585. The summed E-state index contributed by atoms with van der Waals surface area (Å²) >= 11 is 0. The van der Waals surface area contributed by atoms with Gasteiger partial charge in [-0.05, 0) is 18.2 Å². The molecule has 2 nitrogen and oxygen atoms in total. The average Bonchev–Trinajstić information content (AvgIpc) is 2.07. The summed E-state index contributed by atoms with van der Waals surface area (Å²) in [5.41, 5.74) is -1.50. The van der Waals surface area contributed by atoms with Crippen molar-refractivity contribution in [3.8, 4) is 0 Å². The topological polar surface area (TPSA) is 29.1 Å². The highest BCUT2D eigenvalue weighted by Gasteiger charge is 2.34. The van der Waals surface area contributed by atoms with Gasteiger partial charge in [-0.25, -0.2) is 4.39 Å². The number of hydrogen-bond acceptors (Lipinski definition) is 1. The zero-order valence-corrected chi connectivity index (χ0v) is 6.73. The smallest absolute Gasteiger partial charge is 0.329 e. The lowest BCUT2D eigenvalue weighted by molar-refractivity contribution is -0.140. The normalized spacial score (nSPS) is 11.1. The van der Waals surface area contributed by atoms with Crippen molar-refractivity contribution >= 4 is 12.1 Å². The van der Waals surface area contributed by atoms with Crippen LogP contribution in [-0.2, 0) is 11.0 Å². The van der Waals surface area contributed by atoms with Crippen LogP contribution in [0.15, 0.2) is 18.2 Å². The van der Waals surface area contributed by atoms with Gasteiger partial charge in [0, 0.05) is 5.69 Å². The maximum absolute atomic E-state index is 12.7. The van der Waals surface area contributed by atoms with Gasteiger partial charge in [-0.3, -0.25) is 4.79 Å². The Morgan fingerprint density at radius 3 is 2.43 bits per heavy atom. The van der Waals surface area contributed by atoms with Crippen molar-refractivity contribution in [3.63, 3.8) is 0 Å². The van der Waals surface area contributed by atoms with Gasteiger partial charge in [-0.2, -0.15) is 13.2 Å². The monoisotopic (exact) mass is 207 g/mol. The Morgan fingerprint density at radius 1 is 1.29 bits per heavy atom. The molecule has 1 aromatic rings. The van der Waals surface area contributed by atoms with E-state index in [4.69, 9.17) is 0 Å². The molecular formula is C8H5F4NO. The van der Waals surface area contributed by atoms with Crippen LogP contribution >= 0.6 is 0 Å². The van der Waals surface area contributed by atoms with Gasteiger partial charge in [0.05, 0.1) is 5.56 Å². The number of nitrogens with one attached hydrogen (secondary N) is 1. The molecule has 0 unspecified atom stereocenters. The van der Waals surface area contributed by atoms with Gasteiger partial charge in [0.25, 0.3) is 0 Å². The van der Waals surface area contributed by atoms with E-state index in [-0.39, 0.29) is 12.1 Å². The summed E-state index contributed by atoms with van der Waals surface area (Å²) in [6.07, 6.45) is -4.54. The maximum Gasteiger partial charge on any atom is 0.419 e. The van der Waals surface area contributed by atoms with Gasteiger partial charge in [0.2, 0.25) is 6.41 Å². The largest absolute Gasteiger partial charge is 0.419 e. The lowest BCUT2D eigenvalue weighted by Gasteiger charge is -2.09. The number of carbonyl (C=O) groups excluding carboxylic acids is 1. The lowest BCUT2D eigenvalue weighted by atomic mass is 10.2. The lowest BCUT2D eigenvalue weighted by Crippen LogP contribution is -2.09. The van der Waals surface area contributed by atoms with Crippen LogP contribution in [0.25, 0.3) is 0 Å². The molecule has 0 heterocycles. The summed E-state index contributed by atoms with van der Waals surface area (Å²) in [5.74, 6) is -1.37. The predicted octanol–water partition coefficient (Wildman–Crippen LogP) is 2.41. The summed E-state index contributed by atoms with van der Waals surface area (Å²) < 4.78 is 49.0. The van der Waals surface area contributed by atoms with Gasteiger partial charge in [-0.15, -0.1) is 0 Å². The molecule has 1 aromatic carbocycles. The molecule has 1 amide bonds. The molecule has 0 aliphatic rings. The van der Waals surface area contributed by atoms with Crippen molar-refractivity contribution in [3.05, 3.63) is 29.6 Å². The Hall–Kier alpha value is -1.59.